The summed E-state index contributed by atoms with van der Waals surface area (Å²) in [4.78, 5) is 16.1. The van der Waals surface area contributed by atoms with E-state index >= 15 is 0 Å². The van der Waals surface area contributed by atoms with Crippen LogP contribution in [0.2, 0.25) is 0 Å². The molecule has 2 aromatic rings. The molecule has 0 saturated heterocycles. The molecule has 0 fully saturated rings. The van der Waals surface area contributed by atoms with E-state index in [1.807, 2.05) is 19.1 Å². The Kier molecular flexibility index (Phi) is 5.09. The van der Waals surface area contributed by atoms with Gasteiger partial charge in [0.05, 0.1) is 0 Å². The number of Topliss-reactive ketones (excluding diaryl/α,β-unsaturated/α-hetero) is 1. The number of pyridine rings is 1. The zero-order valence-corrected chi connectivity index (χ0v) is 12.9. The molecule has 21 heavy (non-hydrogen) atoms. The molecule has 0 aliphatic carbocycles. The normalized spacial score (nSPS) is 10.4. The highest BCUT2D eigenvalue weighted by molar-refractivity contribution is 5.93. The monoisotopic (exact) mass is 282 g/mol. The van der Waals surface area contributed by atoms with Gasteiger partial charge in [0.25, 0.3) is 0 Å². The Balaban J connectivity index is 1.99. The highest BCUT2D eigenvalue weighted by Gasteiger charge is 2.06. The molecule has 3 heteroatoms. The van der Waals surface area contributed by atoms with Gasteiger partial charge in [-0.15, -0.1) is 0 Å². The van der Waals surface area contributed by atoms with Gasteiger partial charge in [0.15, 0.2) is 5.78 Å². The third-order valence-electron chi connectivity index (χ3n) is 3.58. The summed E-state index contributed by atoms with van der Waals surface area (Å²) in [5, 5.41) is 3.47. The first-order chi connectivity index (χ1) is 10.1. The topological polar surface area (TPSA) is 42.0 Å². The number of aromatic nitrogens is 1. The molecule has 0 atom stereocenters. The minimum atomic E-state index is 0.0968. The number of carbonyl (C=O) groups is 1. The molecule has 110 valence electrons. The lowest BCUT2D eigenvalue weighted by molar-refractivity contribution is 0.0983. The number of benzene rings is 1. The first-order valence-corrected chi connectivity index (χ1v) is 7.41. The number of hydrogen-bond donors (Lipinski definition) is 1. The van der Waals surface area contributed by atoms with E-state index in [1.165, 1.54) is 16.8 Å². The summed E-state index contributed by atoms with van der Waals surface area (Å²) in [6, 6.07) is 11.9. The fraction of sp³-hybridized carbons (Fsp3) is 0.333. The summed E-state index contributed by atoms with van der Waals surface area (Å²) in [6.45, 7) is 6.88. The van der Waals surface area contributed by atoms with E-state index in [0.717, 1.165) is 18.7 Å². The van der Waals surface area contributed by atoms with E-state index in [2.05, 4.69) is 42.3 Å². The van der Waals surface area contributed by atoms with E-state index in [1.54, 1.807) is 6.07 Å². The molecule has 2 rings (SSSR count). The van der Waals surface area contributed by atoms with Crippen molar-refractivity contribution in [2.45, 2.75) is 33.6 Å². The largest absolute Gasteiger partial charge is 0.384 e. The molecule has 1 aromatic carbocycles. The molecular formula is C18H22N2O. The lowest BCUT2D eigenvalue weighted by Crippen LogP contribution is -2.10. The van der Waals surface area contributed by atoms with Gasteiger partial charge in [-0.2, -0.15) is 0 Å². The van der Waals surface area contributed by atoms with Gasteiger partial charge in [-0.05, 0) is 37.1 Å². The molecule has 0 spiro atoms. The van der Waals surface area contributed by atoms with Crippen LogP contribution < -0.4 is 5.32 Å². The van der Waals surface area contributed by atoms with E-state index < -0.39 is 0 Å². The number of carbonyl (C=O) groups excluding carboxylic acids is 1. The number of para-hydroxylation sites is 1. The molecule has 0 amide bonds. The Labute approximate surface area is 126 Å². The van der Waals surface area contributed by atoms with Crippen LogP contribution in [0.3, 0.4) is 0 Å². The van der Waals surface area contributed by atoms with Crippen molar-refractivity contribution >= 4 is 11.5 Å². The standard InChI is InChI=1S/C18H22N2O/c1-4-17(21)16-10-6-9-15(20-16)11-12-19-18-13(2)7-5-8-14(18)3/h5-10,19H,4,11-12H2,1-3H3. The summed E-state index contributed by atoms with van der Waals surface area (Å²) < 4.78 is 0. The Bertz CT molecular complexity index is 615. The second kappa shape index (κ2) is 7.02. The second-order valence-electron chi connectivity index (χ2n) is 5.23. The van der Waals surface area contributed by atoms with Gasteiger partial charge in [-0.3, -0.25) is 4.79 Å². The number of nitrogens with zero attached hydrogens (tertiary/aromatic N) is 1. The third kappa shape index (κ3) is 3.91. The fourth-order valence-corrected chi connectivity index (χ4v) is 2.36. The number of anilines is 1. The average molecular weight is 282 g/mol. The predicted octanol–water partition coefficient (Wildman–Crippen LogP) is 3.95. The third-order valence-corrected chi connectivity index (χ3v) is 3.58. The van der Waals surface area contributed by atoms with Crippen LogP contribution in [0, 0.1) is 13.8 Å². The Morgan fingerprint density at radius 2 is 1.76 bits per heavy atom. The Hall–Kier alpha value is -2.16. The summed E-state index contributed by atoms with van der Waals surface area (Å²) in [6.07, 6.45) is 1.30. The molecule has 0 unspecified atom stereocenters. The molecule has 0 aliphatic rings. The molecule has 0 bridgehead atoms. The number of ketones is 1. The maximum Gasteiger partial charge on any atom is 0.180 e. The highest BCUT2D eigenvalue weighted by Crippen LogP contribution is 2.19. The second-order valence-corrected chi connectivity index (χ2v) is 5.23. The van der Waals surface area contributed by atoms with Gasteiger partial charge in [0.1, 0.15) is 5.69 Å². The van der Waals surface area contributed by atoms with Gasteiger partial charge in [0.2, 0.25) is 0 Å². The molecule has 0 saturated carbocycles. The van der Waals surface area contributed by atoms with Crippen LogP contribution in [0.5, 0.6) is 0 Å². The van der Waals surface area contributed by atoms with Crippen LogP contribution in [0.25, 0.3) is 0 Å². The summed E-state index contributed by atoms with van der Waals surface area (Å²) in [7, 11) is 0. The number of hydrogen-bond acceptors (Lipinski definition) is 3. The summed E-state index contributed by atoms with van der Waals surface area (Å²) in [5.41, 5.74) is 5.21. The predicted molar refractivity (Wildman–Crippen MR) is 87.0 cm³/mol. The van der Waals surface area contributed by atoms with Crippen molar-refractivity contribution in [3.63, 3.8) is 0 Å². The van der Waals surface area contributed by atoms with Crippen molar-refractivity contribution in [2.75, 3.05) is 11.9 Å². The fourth-order valence-electron chi connectivity index (χ4n) is 2.36. The maximum absolute atomic E-state index is 11.7. The maximum atomic E-state index is 11.7. The van der Waals surface area contributed by atoms with Crippen LogP contribution >= 0.6 is 0 Å². The van der Waals surface area contributed by atoms with Gasteiger partial charge in [0, 0.05) is 30.8 Å². The minimum Gasteiger partial charge on any atom is -0.384 e. The SMILES string of the molecule is CCC(=O)c1cccc(CCNc2c(C)cccc2C)n1. The first-order valence-electron chi connectivity index (χ1n) is 7.41. The molecular weight excluding hydrogens is 260 g/mol. The van der Waals surface area contributed by atoms with E-state index in [4.69, 9.17) is 0 Å². The van der Waals surface area contributed by atoms with Crippen molar-refractivity contribution in [1.82, 2.24) is 4.98 Å². The van der Waals surface area contributed by atoms with Crippen molar-refractivity contribution in [3.8, 4) is 0 Å². The van der Waals surface area contributed by atoms with Gasteiger partial charge >= 0.3 is 0 Å². The lowest BCUT2D eigenvalue weighted by Gasteiger charge is -2.12. The van der Waals surface area contributed by atoms with Crippen molar-refractivity contribution in [2.24, 2.45) is 0 Å². The van der Waals surface area contributed by atoms with Crippen molar-refractivity contribution in [3.05, 3.63) is 58.9 Å². The molecule has 3 nitrogen and oxygen atoms in total. The van der Waals surface area contributed by atoms with Crippen molar-refractivity contribution in [1.29, 1.82) is 0 Å². The quantitative estimate of drug-likeness (QED) is 0.816. The van der Waals surface area contributed by atoms with E-state index in [-0.39, 0.29) is 5.78 Å². The molecule has 1 heterocycles. The van der Waals surface area contributed by atoms with E-state index in [9.17, 15) is 4.79 Å². The summed E-state index contributed by atoms with van der Waals surface area (Å²) in [5.74, 6) is 0.0968. The van der Waals surface area contributed by atoms with Gasteiger partial charge < -0.3 is 5.32 Å². The van der Waals surface area contributed by atoms with E-state index in [0.29, 0.717) is 12.1 Å². The molecule has 1 N–H and O–H groups in total. The zero-order valence-electron chi connectivity index (χ0n) is 12.9. The van der Waals surface area contributed by atoms with Gasteiger partial charge in [-0.25, -0.2) is 4.98 Å². The van der Waals surface area contributed by atoms with Crippen LogP contribution in [0.15, 0.2) is 36.4 Å². The van der Waals surface area contributed by atoms with Gasteiger partial charge in [-0.1, -0.05) is 31.2 Å². The smallest absolute Gasteiger partial charge is 0.180 e. The van der Waals surface area contributed by atoms with Crippen LogP contribution in [-0.2, 0) is 6.42 Å². The number of nitrogens with one attached hydrogen (secondary N) is 1. The minimum absolute atomic E-state index is 0.0968. The number of aryl methyl sites for hydroxylation is 2. The van der Waals surface area contributed by atoms with Crippen LogP contribution in [0.1, 0.15) is 40.7 Å². The summed E-state index contributed by atoms with van der Waals surface area (Å²) >= 11 is 0. The zero-order chi connectivity index (χ0) is 15.2. The highest BCUT2D eigenvalue weighted by atomic mass is 16.1. The Morgan fingerprint density at radius 1 is 1.10 bits per heavy atom. The molecule has 0 aliphatic heterocycles. The Morgan fingerprint density at radius 3 is 2.43 bits per heavy atom. The van der Waals surface area contributed by atoms with Crippen LogP contribution in [0.4, 0.5) is 5.69 Å². The molecule has 0 radical (unpaired) electrons. The average Bonchev–Trinajstić information content (AvgIpc) is 2.50. The van der Waals surface area contributed by atoms with Crippen molar-refractivity contribution < 1.29 is 4.79 Å². The number of rotatable bonds is 6. The van der Waals surface area contributed by atoms with Crippen LogP contribution in [-0.4, -0.2) is 17.3 Å². The first kappa shape index (κ1) is 15.2. The lowest BCUT2D eigenvalue weighted by atomic mass is 10.1. The molecule has 1 aromatic heterocycles.